The SMILES string of the molecule is CCc1csc2nc(C)c(NC(=O)c3ccccc3C)c(=O)n12. The highest BCUT2D eigenvalue weighted by molar-refractivity contribution is 7.15. The van der Waals surface area contributed by atoms with E-state index < -0.39 is 0 Å². The van der Waals surface area contributed by atoms with Crippen LogP contribution in [0.5, 0.6) is 0 Å². The second-order valence-corrected chi connectivity index (χ2v) is 6.18. The third-order valence-corrected chi connectivity index (χ3v) is 4.69. The molecule has 6 heteroatoms. The number of nitrogens with zero attached hydrogens (tertiary/aromatic N) is 2. The first-order valence-corrected chi connectivity index (χ1v) is 8.27. The van der Waals surface area contributed by atoms with Gasteiger partial charge in [-0.3, -0.25) is 14.0 Å². The largest absolute Gasteiger partial charge is 0.316 e. The van der Waals surface area contributed by atoms with Crippen LogP contribution in [0.3, 0.4) is 0 Å². The molecule has 1 N–H and O–H groups in total. The second kappa shape index (κ2) is 5.96. The van der Waals surface area contributed by atoms with Crippen LogP contribution in [0.15, 0.2) is 34.4 Å². The van der Waals surface area contributed by atoms with E-state index in [0.29, 0.717) is 16.2 Å². The number of aromatic nitrogens is 2. The molecule has 0 aliphatic rings. The molecule has 0 aliphatic heterocycles. The Morgan fingerprint density at radius 3 is 2.74 bits per heavy atom. The molecule has 5 nitrogen and oxygen atoms in total. The first kappa shape index (κ1) is 15.4. The number of fused-ring (bicyclic) bond motifs is 1. The fraction of sp³-hybridized carbons (Fsp3) is 0.235. The van der Waals surface area contributed by atoms with Crippen molar-refractivity contribution in [3.63, 3.8) is 0 Å². The number of hydrogen-bond donors (Lipinski definition) is 1. The summed E-state index contributed by atoms with van der Waals surface area (Å²) in [6.07, 6.45) is 0.732. The van der Waals surface area contributed by atoms with Gasteiger partial charge < -0.3 is 5.32 Å². The molecule has 0 bridgehead atoms. The zero-order valence-electron chi connectivity index (χ0n) is 13.2. The van der Waals surface area contributed by atoms with Crippen LogP contribution in [0.1, 0.15) is 34.2 Å². The molecule has 118 valence electrons. The van der Waals surface area contributed by atoms with Gasteiger partial charge in [-0.15, -0.1) is 11.3 Å². The molecule has 3 rings (SSSR count). The summed E-state index contributed by atoms with van der Waals surface area (Å²) in [5.41, 5.74) is 2.85. The summed E-state index contributed by atoms with van der Waals surface area (Å²) in [4.78, 5) is 30.3. The number of carbonyl (C=O) groups excluding carboxylic acids is 1. The van der Waals surface area contributed by atoms with Crippen LogP contribution >= 0.6 is 11.3 Å². The van der Waals surface area contributed by atoms with E-state index in [2.05, 4.69) is 10.3 Å². The molecule has 0 atom stereocenters. The van der Waals surface area contributed by atoms with E-state index in [1.54, 1.807) is 23.5 Å². The van der Waals surface area contributed by atoms with Crippen molar-refractivity contribution in [2.45, 2.75) is 27.2 Å². The maximum absolute atomic E-state index is 12.8. The number of aryl methyl sites for hydroxylation is 3. The Hall–Kier alpha value is -2.47. The second-order valence-electron chi connectivity index (χ2n) is 5.34. The Bertz CT molecular complexity index is 956. The molecule has 3 aromatic rings. The molecule has 1 aromatic carbocycles. The van der Waals surface area contributed by atoms with E-state index >= 15 is 0 Å². The molecule has 0 spiro atoms. The fourth-order valence-corrected chi connectivity index (χ4v) is 3.51. The quantitative estimate of drug-likeness (QED) is 0.803. The van der Waals surface area contributed by atoms with Gasteiger partial charge in [0.05, 0.1) is 5.69 Å². The highest BCUT2D eigenvalue weighted by Gasteiger charge is 2.17. The van der Waals surface area contributed by atoms with Gasteiger partial charge in [0.2, 0.25) is 0 Å². The average molecular weight is 327 g/mol. The monoisotopic (exact) mass is 327 g/mol. The van der Waals surface area contributed by atoms with Crippen LogP contribution in [0, 0.1) is 13.8 Å². The van der Waals surface area contributed by atoms with Gasteiger partial charge >= 0.3 is 0 Å². The van der Waals surface area contributed by atoms with Crippen molar-refractivity contribution in [1.82, 2.24) is 9.38 Å². The summed E-state index contributed by atoms with van der Waals surface area (Å²) in [5, 5.41) is 4.67. The van der Waals surface area contributed by atoms with Gasteiger partial charge in [0.1, 0.15) is 5.69 Å². The molecular formula is C17H17N3O2S. The zero-order valence-corrected chi connectivity index (χ0v) is 14.0. The van der Waals surface area contributed by atoms with Gasteiger partial charge in [-0.1, -0.05) is 25.1 Å². The Balaban J connectivity index is 2.08. The predicted molar refractivity (Wildman–Crippen MR) is 92.6 cm³/mol. The van der Waals surface area contributed by atoms with E-state index in [9.17, 15) is 9.59 Å². The number of benzene rings is 1. The molecule has 0 saturated heterocycles. The lowest BCUT2D eigenvalue weighted by Gasteiger charge is -2.10. The molecular weight excluding hydrogens is 310 g/mol. The van der Waals surface area contributed by atoms with Crippen LogP contribution in [0.25, 0.3) is 4.96 Å². The molecule has 1 amide bonds. The highest BCUT2D eigenvalue weighted by atomic mass is 32.1. The summed E-state index contributed by atoms with van der Waals surface area (Å²) >= 11 is 1.43. The number of amides is 1. The molecule has 23 heavy (non-hydrogen) atoms. The highest BCUT2D eigenvalue weighted by Crippen LogP contribution is 2.18. The summed E-state index contributed by atoms with van der Waals surface area (Å²) < 4.78 is 1.57. The van der Waals surface area contributed by atoms with Crippen molar-refractivity contribution >= 4 is 27.9 Å². The minimum atomic E-state index is -0.293. The number of thiazole rings is 1. The fourth-order valence-electron chi connectivity index (χ4n) is 2.50. The summed E-state index contributed by atoms with van der Waals surface area (Å²) in [6.45, 7) is 5.59. The third kappa shape index (κ3) is 2.66. The lowest BCUT2D eigenvalue weighted by atomic mass is 10.1. The third-order valence-electron chi connectivity index (χ3n) is 3.81. The van der Waals surface area contributed by atoms with Crippen LogP contribution in [0.4, 0.5) is 5.69 Å². The first-order valence-electron chi connectivity index (χ1n) is 7.39. The number of anilines is 1. The van der Waals surface area contributed by atoms with Crippen molar-refractivity contribution < 1.29 is 4.79 Å². The first-order chi connectivity index (χ1) is 11.0. The Kier molecular flexibility index (Phi) is 4.00. The normalized spacial score (nSPS) is 10.9. The molecule has 0 fully saturated rings. The minimum absolute atomic E-state index is 0.229. The van der Waals surface area contributed by atoms with E-state index in [1.165, 1.54) is 11.3 Å². The van der Waals surface area contributed by atoms with Gasteiger partial charge in [-0.25, -0.2) is 4.98 Å². The van der Waals surface area contributed by atoms with Crippen LogP contribution in [-0.2, 0) is 6.42 Å². The molecule has 0 aliphatic carbocycles. The van der Waals surface area contributed by atoms with Gasteiger partial charge in [-0.05, 0) is 31.9 Å². The zero-order chi connectivity index (χ0) is 16.6. The van der Waals surface area contributed by atoms with Gasteiger partial charge in [0, 0.05) is 16.6 Å². The smallest absolute Gasteiger partial charge is 0.282 e. The molecule has 0 saturated carbocycles. The Morgan fingerprint density at radius 2 is 2.04 bits per heavy atom. The summed E-state index contributed by atoms with van der Waals surface area (Å²) in [5.74, 6) is -0.293. The Morgan fingerprint density at radius 1 is 1.30 bits per heavy atom. The van der Waals surface area contributed by atoms with E-state index in [0.717, 1.165) is 17.7 Å². The average Bonchev–Trinajstić information content (AvgIpc) is 2.94. The van der Waals surface area contributed by atoms with Gasteiger partial charge in [0.15, 0.2) is 4.96 Å². The van der Waals surface area contributed by atoms with Crippen LogP contribution in [-0.4, -0.2) is 15.3 Å². The molecule has 0 unspecified atom stereocenters. The van der Waals surface area contributed by atoms with Crippen LogP contribution in [0.2, 0.25) is 0 Å². The summed E-state index contributed by atoms with van der Waals surface area (Å²) in [6, 6.07) is 7.28. The minimum Gasteiger partial charge on any atom is -0.316 e. The van der Waals surface area contributed by atoms with Gasteiger partial charge in [0.25, 0.3) is 11.5 Å². The maximum atomic E-state index is 12.8. The lowest BCUT2D eigenvalue weighted by molar-refractivity contribution is 0.102. The standard InChI is InChI=1S/C17H17N3O2S/c1-4-12-9-23-17-18-11(3)14(16(22)20(12)17)19-15(21)13-8-6-5-7-10(13)2/h5-9H,4H2,1-3H3,(H,19,21). The number of nitrogens with one attached hydrogen (secondary N) is 1. The maximum Gasteiger partial charge on any atom is 0.282 e. The van der Waals surface area contributed by atoms with Crippen molar-refractivity contribution in [3.05, 3.63) is 62.5 Å². The number of carbonyl (C=O) groups is 1. The van der Waals surface area contributed by atoms with Crippen molar-refractivity contribution in [2.24, 2.45) is 0 Å². The number of rotatable bonds is 3. The lowest BCUT2D eigenvalue weighted by Crippen LogP contribution is -2.25. The van der Waals surface area contributed by atoms with Crippen molar-refractivity contribution in [1.29, 1.82) is 0 Å². The topological polar surface area (TPSA) is 63.5 Å². The van der Waals surface area contributed by atoms with E-state index in [-0.39, 0.29) is 17.2 Å². The Labute approximate surface area is 137 Å². The van der Waals surface area contributed by atoms with Crippen molar-refractivity contribution in [2.75, 3.05) is 5.32 Å². The number of hydrogen-bond acceptors (Lipinski definition) is 4. The molecule has 2 aromatic heterocycles. The van der Waals surface area contributed by atoms with Crippen molar-refractivity contribution in [3.8, 4) is 0 Å². The summed E-state index contributed by atoms with van der Waals surface area (Å²) in [7, 11) is 0. The van der Waals surface area contributed by atoms with E-state index in [1.807, 2.05) is 31.4 Å². The molecule has 0 radical (unpaired) electrons. The van der Waals surface area contributed by atoms with E-state index in [4.69, 9.17) is 0 Å². The van der Waals surface area contributed by atoms with Crippen LogP contribution < -0.4 is 10.9 Å². The van der Waals surface area contributed by atoms with Gasteiger partial charge in [-0.2, -0.15) is 0 Å². The molecule has 2 heterocycles. The predicted octanol–water partition coefficient (Wildman–Crippen LogP) is 3.19.